The molecule has 0 atom stereocenters. The van der Waals surface area contributed by atoms with Gasteiger partial charge in [-0.15, -0.1) is 0 Å². The van der Waals surface area contributed by atoms with E-state index < -0.39 is 0 Å². The maximum absolute atomic E-state index is 6.51. The molecule has 0 N–H and O–H groups in total. The summed E-state index contributed by atoms with van der Waals surface area (Å²) in [6.07, 6.45) is 0. The Morgan fingerprint density at radius 2 is 1.00 bits per heavy atom. The highest BCUT2D eigenvalue weighted by Gasteiger charge is 2.26. The number of benzene rings is 9. The summed E-state index contributed by atoms with van der Waals surface area (Å²) in [5.74, 6) is 0. The molecule has 254 valence electrons. The van der Waals surface area contributed by atoms with Crippen LogP contribution in [0.5, 0.6) is 0 Å². The molecule has 0 saturated carbocycles. The molecule has 55 heavy (non-hydrogen) atoms. The smallest absolute Gasteiger partial charge is 0.137 e. The van der Waals surface area contributed by atoms with E-state index in [0.717, 1.165) is 38.8 Å². The molecule has 1 aliphatic rings. The van der Waals surface area contributed by atoms with Crippen LogP contribution in [0, 0.1) is 0 Å². The van der Waals surface area contributed by atoms with Crippen molar-refractivity contribution in [1.29, 1.82) is 0 Å². The molecule has 3 heteroatoms. The first kappa shape index (κ1) is 29.1. The third-order valence-electron chi connectivity index (χ3n) is 12.0. The van der Waals surface area contributed by atoms with Gasteiger partial charge in [-0.25, -0.2) is 0 Å². The Morgan fingerprint density at radius 3 is 1.84 bits per heavy atom. The van der Waals surface area contributed by atoms with Crippen LogP contribution in [0.1, 0.15) is 0 Å². The van der Waals surface area contributed by atoms with Crippen molar-refractivity contribution < 1.29 is 4.42 Å². The van der Waals surface area contributed by atoms with E-state index in [1.807, 2.05) is 0 Å². The topological polar surface area (TPSA) is 23.0 Å². The molecular formula is C52H30N2O. The number of rotatable bonds is 3. The first-order valence-electron chi connectivity index (χ1n) is 18.9. The average molecular weight is 699 g/mol. The first-order chi connectivity index (χ1) is 27.3. The fourth-order valence-electron chi connectivity index (χ4n) is 9.74. The zero-order chi connectivity index (χ0) is 35.8. The number of fused-ring (bicyclic) bond motifs is 14. The van der Waals surface area contributed by atoms with Gasteiger partial charge in [-0.05, 0) is 98.8 Å². The molecule has 0 aliphatic heterocycles. The van der Waals surface area contributed by atoms with Crippen molar-refractivity contribution in [2.75, 3.05) is 0 Å². The van der Waals surface area contributed by atoms with Crippen LogP contribution in [0.2, 0.25) is 0 Å². The summed E-state index contributed by atoms with van der Waals surface area (Å²) < 4.78 is 11.5. The number of para-hydroxylation sites is 2. The summed E-state index contributed by atoms with van der Waals surface area (Å²) in [4.78, 5) is 0. The molecule has 13 rings (SSSR count). The van der Waals surface area contributed by atoms with Crippen molar-refractivity contribution in [3.05, 3.63) is 182 Å². The van der Waals surface area contributed by atoms with E-state index >= 15 is 0 Å². The molecule has 0 amide bonds. The van der Waals surface area contributed by atoms with E-state index in [1.54, 1.807) is 0 Å². The van der Waals surface area contributed by atoms with Gasteiger partial charge in [0, 0.05) is 38.3 Å². The van der Waals surface area contributed by atoms with E-state index in [2.05, 4.69) is 191 Å². The van der Waals surface area contributed by atoms with Crippen LogP contribution in [0.15, 0.2) is 186 Å². The van der Waals surface area contributed by atoms with E-state index in [0.29, 0.717) is 0 Å². The lowest BCUT2D eigenvalue weighted by atomic mass is 10.0. The summed E-state index contributed by atoms with van der Waals surface area (Å²) >= 11 is 0. The number of aromatic nitrogens is 2. The Balaban J connectivity index is 1.15. The summed E-state index contributed by atoms with van der Waals surface area (Å²) in [7, 11) is 0. The average Bonchev–Trinajstić information content (AvgIpc) is 3.98. The predicted octanol–water partition coefficient (Wildman–Crippen LogP) is 14.2. The van der Waals surface area contributed by atoms with Gasteiger partial charge in [0.2, 0.25) is 0 Å². The van der Waals surface area contributed by atoms with Crippen molar-refractivity contribution >= 4 is 76.3 Å². The Morgan fingerprint density at radius 1 is 0.327 bits per heavy atom. The monoisotopic (exact) mass is 698 g/mol. The minimum absolute atomic E-state index is 0.895. The van der Waals surface area contributed by atoms with Gasteiger partial charge in [-0.1, -0.05) is 127 Å². The number of nitrogens with zero attached hydrogens (tertiary/aromatic N) is 2. The van der Waals surface area contributed by atoms with Crippen molar-refractivity contribution in [1.82, 2.24) is 9.13 Å². The molecule has 3 heterocycles. The molecule has 9 aromatic carbocycles. The summed E-state index contributed by atoms with van der Waals surface area (Å²) in [5.41, 5.74) is 16.4. The van der Waals surface area contributed by atoms with Gasteiger partial charge in [0.25, 0.3) is 0 Å². The maximum atomic E-state index is 6.51. The van der Waals surface area contributed by atoms with E-state index in [1.165, 1.54) is 82.2 Å². The van der Waals surface area contributed by atoms with Crippen LogP contribution in [-0.2, 0) is 0 Å². The van der Waals surface area contributed by atoms with E-state index in [9.17, 15) is 0 Å². The van der Waals surface area contributed by atoms with Crippen LogP contribution in [-0.4, -0.2) is 9.13 Å². The van der Waals surface area contributed by atoms with Gasteiger partial charge >= 0.3 is 0 Å². The second-order valence-corrected chi connectivity index (χ2v) is 14.8. The molecule has 12 aromatic rings. The summed E-state index contributed by atoms with van der Waals surface area (Å²) in [5, 5.41) is 9.80. The van der Waals surface area contributed by atoms with Crippen LogP contribution >= 0.6 is 0 Å². The second-order valence-electron chi connectivity index (χ2n) is 14.8. The second kappa shape index (κ2) is 10.6. The minimum atomic E-state index is 0.895. The summed E-state index contributed by atoms with van der Waals surface area (Å²) in [6, 6.07) is 66.5. The van der Waals surface area contributed by atoms with E-state index in [4.69, 9.17) is 4.42 Å². The van der Waals surface area contributed by atoms with Crippen molar-refractivity contribution in [2.45, 2.75) is 0 Å². The SMILES string of the molecule is c1ccc(-c2ccc(-n3c4c(ccc5oc6ccccc6c54)c4ccc5c(c6ccccc6n5-c5ccc6c(c5)-c5cccc7cccc-6c57)c43)cc2)cc1. The normalized spacial score (nSPS) is 12.4. The van der Waals surface area contributed by atoms with Gasteiger partial charge in [0.05, 0.1) is 27.5 Å². The predicted molar refractivity (Wildman–Crippen MR) is 230 cm³/mol. The first-order valence-corrected chi connectivity index (χ1v) is 18.9. The van der Waals surface area contributed by atoms with Crippen molar-refractivity contribution in [3.63, 3.8) is 0 Å². The van der Waals surface area contributed by atoms with Crippen LogP contribution in [0.25, 0.3) is 121 Å². The molecule has 0 fully saturated rings. The maximum Gasteiger partial charge on any atom is 0.137 e. The van der Waals surface area contributed by atoms with Crippen LogP contribution in [0.4, 0.5) is 0 Å². The molecule has 0 spiro atoms. The molecule has 0 unspecified atom stereocenters. The van der Waals surface area contributed by atoms with Crippen LogP contribution in [0.3, 0.4) is 0 Å². The largest absolute Gasteiger partial charge is 0.456 e. The van der Waals surface area contributed by atoms with Gasteiger partial charge in [0.1, 0.15) is 11.2 Å². The molecule has 0 bridgehead atoms. The molecule has 0 radical (unpaired) electrons. The van der Waals surface area contributed by atoms with E-state index in [-0.39, 0.29) is 0 Å². The van der Waals surface area contributed by atoms with Gasteiger partial charge < -0.3 is 13.6 Å². The fraction of sp³-hybridized carbons (Fsp3) is 0. The lowest BCUT2D eigenvalue weighted by molar-refractivity contribution is 0.669. The molecule has 3 aromatic heterocycles. The zero-order valence-corrected chi connectivity index (χ0v) is 29.6. The Kier molecular flexibility index (Phi) is 5.63. The lowest BCUT2D eigenvalue weighted by Gasteiger charge is -2.12. The molecule has 1 aliphatic carbocycles. The highest BCUT2D eigenvalue weighted by atomic mass is 16.3. The van der Waals surface area contributed by atoms with Gasteiger partial charge in [-0.3, -0.25) is 0 Å². The van der Waals surface area contributed by atoms with Gasteiger partial charge in [0.15, 0.2) is 0 Å². The molecular weight excluding hydrogens is 669 g/mol. The van der Waals surface area contributed by atoms with Crippen molar-refractivity contribution in [2.24, 2.45) is 0 Å². The Hall–Kier alpha value is -7.36. The third kappa shape index (κ3) is 3.84. The fourth-order valence-corrected chi connectivity index (χ4v) is 9.74. The minimum Gasteiger partial charge on any atom is -0.456 e. The van der Waals surface area contributed by atoms with Gasteiger partial charge in [-0.2, -0.15) is 0 Å². The third-order valence-corrected chi connectivity index (χ3v) is 12.0. The number of hydrogen-bond donors (Lipinski definition) is 0. The zero-order valence-electron chi connectivity index (χ0n) is 29.6. The summed E-state index contributed by atoms with van der Waals surface area (Å²) in [6.45, 7) is 0. The Labute approximate surface area is 315 Å². The molecule has 0 saturated heterocycles. The lowest BCUT2D eigenvalue weighted by Crippen LogP contribution is -1.96. The molecule has 3 nitrogen and oxygen atoms in total. The quantitative estimate of drug-likeness (QED) is 0.180. The van der Waals surface area contributed by atoms with Crippen LogP contribution < -0.4 is 0 Å². The van der Waals surface area contributed by atoms with Crippen molar-refractivity contribution in [3.8, 4) is 44.8 Å². The highest BCUT2D eigenvalue weighted by Crippen LogP contribution is 2.49. The Bertz CT molecular complexity index is 3570. The highest BCUT2D eigenvalue weighted by molar-refractivity contribution is 6.31. The standard InChI is InChI=1S/C52H30N2O/c1-2-10-31(11-3-1)32-20-22-34(23-21-32)54-51-39(40-27-29-47-50(52(40)54)42-15-5-7-19-46(42)55-47)26-28-45-49(51)41-14-4-6-18-44(41)53(45)35-24-25-36-37-16-8-12-33-13-9-17-38(48(33)37)43(36)30-35/h1-30H. The number of furan rings is 1. The number of hydrogen-bond acceptors (Lipinski definition) is 1.